The molecule has 0 rings (SSSR count). The molecule has 0 saturated heterocycles. The minimum absolute atomic E-state index is 0. The molecule has 0 aromatic heterocycles. The van der Waals surface area contributed by atoms with E-state index in [9.17, 15) is 0 Å². The van der Waals surface area contributed by atoms with Crippen molar-refractivity contribution in [3.63, 3.8) is 0 Å². The SMILES string of the molecule is O=S(=O)([O-])[O-].O=S(=O)([O-])[O-].O=S(=O)([O-])[O-].O=S(=O)([O-])[O-].O=S(=O)([O-])[O-].O=S(=O)([O-])[O-].[Mg+2].[Na+].[Na+].[Na+].[Na+].[Na+].[Na+].[Na+].[Na+].[Na+].[Na+].[O-2].[O-2].[O-2].[O-2].[O-2].[V+5].[V+5]. The van der Waals surface area contributed by atoms with Crippen molar-refractivity contribution in [2.45, 2.75) is 0 Å². The van der Waals surface area contributed by atoms with Crippen molar-refractivity contribution in [2.75, 3.05) is 0 Å². The van der Waals surface area contributed by atoms with Crippen molar-refractivity contribution in [1.82, 2.24) is 0 Å². The van der Waals surface area contributed by atoms with Crippen LogP contribution in [0.25, 0.3) is 0 Å². The summed E-state index contributed by atoms with van der Waals surface area (Å²) in [6, 6.07) is 0. The summed E-state index contributed by atoms with van der Waals surface area (Å²) < 4.78 is 205. The van der Waals surface area contributed by atoms with Gasteiger partial charge in [-0.15, -0.1) is 0 Å². The van der Waals surface area contributed by atoms with Crippen molar-refractivity contribution in [2.24, 2.45) is 0 Å². The summed E-state index contributed by atoms with van der Waals surface area (Å²) in [5, 5.41) is 0. The van der Waals surface area contributed by atoms with Gasteiger partial charge < -0.3 is 82.0 Å². The number of hydrogen-bond acceptors (Lipinski definition) is 24. The summed E-state index contributed by atoms with van der Waals surface area (Å²) in [4.78, 5) is 0. The second-order valence-corrected chi connectivity index (χ2v) is 7.35. The Labute approximate surface area is 537 Å². The molecule has 0 fully saturated rings. The third-order valence-corrected chi connectivity index (χ3v) is 0. The van der Waals surface area contributed by atoms with Crippen LogP contribution in [0.5, 0.6) is 0 Å². The summed E-state index contributed by atoms with van der Waals surface area (Å²) in [7, 11) is -31.0. The van der Waals surface area contributed by atoms with Gasteiger partial charge in [0, 0.05) is 62.4 Å². The zero-order valence-corrected chi connectivity index (χ0v) is 55.0. The summed E-state index contributed by atoms with van der Waals surface area (Å²) in [6.07, 6.45) is 0. The van der Waals surface area contributed by atoms with E-state index in [1.165, 1.54) is 0 Å². The second kappa shape index (κ2) is 85.3. The van der Waals surface area contributed by atoms with Crippen molar-refractivity contribution in [3.05, 3.63) is 0 Å². The number of hydrogen-bond donors (Lipinski definition) is 0. The van der Waals surface area contributed by atoms with Crippen LogP contribution >= 0.6 is 0 Å². The third kappa shape index (κ3) is 1490. The van der Waals surface area contributed by atoms with E-state index in [1.807, 2.05) is 0 Å². The van der Waals surface area contributed by atoms with E-state index in [1.54, 1.807) is 0 Å². The van der Waals surface area contributed by atoms with Crippen molar-refractivity contribution in [3.8, 4) is 0 Å². The molecule has 0 radical (unpaired) electrons. The Hall–Kier alpha value is 11.0. The molecule has 0 amide bonds. The minimum atomic E-state index is -5.17. The Morgan fingerprint density at radius 1 is 0.208 bits per heavy atom. The molecule has 0 aliphatic carbocycles. The molecule has 0 unspecified atom stereocenters. The van der Waals surface area contributed by atoms with E-state index in [0.717, 1.165) is 0 Å². The Morgan fingerprint density at radius 2 is 0.208 bits per heavy atom. The largest absolute Gasteiger partial charge is 5.00 e. The van der Waals surface area contributed by atoms with Gasteiger partial charge in [-0.25, -0.2) is 0 Å². The maximum absolute atomic E-state index is 8.52. The Bertz CT molecular complexity index is 808. The van der Waals surface area contributed by atoms with Gasteiger partial charge in [-0.2, -0.15) is 0 Å². The van der Waals surface area contributed by atoms with E-state index in [4.69, 9.17) is 105 Å². The Morgan fingerprint density at radius 3 is 0.208 bits per heavy atom. The predicted octanol–water partition coefficient (Wildman–Crippen LogP) is -39.0. The van der Waals surface area contributed by atoms with E-state index >= 15 is 0 Å². The molecule has 0 aliphatic rings. The molecule has 0 spiro atoms. The molecule has 0 aromatic carbocycles. The van der Waals surface area contributed by atoms with Crippen molar-refractivity contribution in [1.29, 1.82) is 0 Å². The molecule has 232 valence electrons. The molecule has 0 bridgehead atoms. The maximum atomic E-state index is 8.52. The zero-order chi connectivity index (χ0) is 27.0. The first-order valence-corrected chi connectivity index (χ1v) is 12.0. The first-order chi connectivity index (χ1) is 12.0. The van der Waals surface area contributed by atoms with Gasteiger partial charge in [-0.3, -0.25) is 50.5 Å². The summed E-state index contributed by atoms with van der Waals surface area (Å²) in [6.45, 7) is 0. The van der Waals surface area contributed by atoms with E-state index < -0.39 is 62.4 Å². The quantitative estimate of drug-likeness (QED) is 0.123. The topological polar surface area (TPSA) is 624 Å². The minimum Gasteiger partial charge on any atom is -2.00 e. The van der Waals surface area contributed by atoms with E-state index in [0.29, 0.717) is 0 Å². The summed E-state index contributed by atoms with van der Waals surface area (Å²) in [5.74, 6) is 0. The average molecular weight is 1010 g/mol. The van der Waals surface area contributed by atoms with Crippen LogP contribution in [0.2, 0.25) is 0 Å². The van der Waals surface area contributed by atoms with Crippen molar-refractivity contribution >= 4 is 85.4 Å². The smallest absolute Gasteiger partial charge is 2.00 e. The molecule has 0 aliphatic heterocycles. The fraction of sp³-hybridized carbons (Fsp3) is 0. The van der Waals surface area contributed by atoms with Gasteiger partial charge in [0.25, 0.3) is 0 Å². The van der Waals surface area contributed by atoms with E-state index in [-0.39, 0.29) is 383 Å². The molecular formula is MgNa10O29S6V2. The molecule has 29 nitrogen and oxygen atoms in total. The molecule has 0 N–H and O–H groups in total. The van der Waals surface area contributed by atoms with Crippen molar-refractivity contribution < 1.29 is 465 Å². The van der Waals surface area contributed by atoms with Crippen LogP contribution in [0, 0.1) is 0 Å². The van der Waals surface area contributed by atoms with Gasteiger partial charge in [-0.1, -0.05) is 0 Å². The fourth-order valence-corrected chi connectivity index (χ4v) is 0. The molecule has 0 heterocycles. The van der Waals surface area contributed by atoms with Crippen LogP contribution in [0.4, 0.5) is 0 Å². The van der Waals surface area contributed by atoms with Gasteiger partial charge in [0.2, 0.25) is 0 Å². The van der Waals surface area contributed by atoms with Crippen LogP contribution in [0.15, 0.2) is 0 Å². The molecule has 0 saturated carbocycles. The van der Waals surface area contributed by atoms with E-state index in [2.05, 4.69) is 0 Å². The monoisotopic (exact) mass is 1010 g/mol. The first kappa shape index (κ1) is 162. The zero-order valence-electron chi connectivity index (χ0n) is 25.9. The first-order valence-electron chi connectivity index (χ1n) is 4.00. The van der Waals surface area contributed by atoms with Crippen LogP contribution < -0.4 is 296 Å². The predicted molar refractivity (Wildman–Crippen MR) is 72.0 cm³/mol. The second-order valence-electron chi connectivity index (χ2n) is 2.45. The molecule has 0 aromatic rings. The van der Waals surface area contributed by atoms with Gasteiger partial charge in [0.05, 0.1) is 0 Å². The molecule has 48 heavy (non-hydrogen) atoms. The van der Waals surface area contributed by atoms with Gasteiger partial charge in [0.15, 0.2) is 0 Å². The Balaban J connectivity index is -0.00000000609. The van der Waals surface area contributed by atoms with Crippen LogP contribution in [0.1, 0.15) is 0 Å². The third-order valence-electron chi connectivity index (χ3n) is 0. The molecular weight excluding hydrogens is 1010 g/mol. The van der Waals surface area contributed by atoms with Gasteiger partial charge in [0.1, 0.15) is 0 Å². The standard InChI is InChI=1S/Mg.10Na.6H2O4S.5O.2V/c;;;;;;;;;;;6*1-5(2,3)4;;;;;;;/h;;;;;;;;;;;6*(H2,1,2,3,4);;;;;;;/q+2;10*+1;;;;;;;5*-2;2*+5/p-12. The van der Waals surface area contributed by atoms with Crippen LogP contribution in [-0.2, 0) is 127 Å². The molecule has 0 atom stereocenters. The summed E-state index contributed by atoms with van der Waals surface area (Å²) in [5.41, 5.74) is 0. The Kier molecular flexibility index (Phi) is 288. The average Bonchev–Trinajstić information content (AvgIpc) is 1.94. The summed E-state index contributed by atoms with van der Waals surface area (Å²) >= 11 is 0. The van der Waals surface area contributed by atoms with Gasteiger partial charge in [-0.05, 0) is 0 Å². The van der Waals surface area contributed by atoms with Gasteiger partial charge >= 0.3 is 356 Å². The molecule has 48 heteroatoms. The van der Waals surface area contributed by atoms with Crippen LogP contribution in [0.3, 0.4) is 0 Å². The maximum Gasteiger partial charge on any atom is 5.00 e. The number of rotatable bonds is 0. The fourth-order valence-electron chi connectivity index (χ4n) is 0. The normalized spacial score (nSPS) is 7.25. The van der Waals surface area contributed by atoms with Crippen LogP contribution in [-0.4, -0.2) is 128 Å².